The second-order valence-electron chi connectivity index (χ2n) is 3.52. The first-order valence-corrected chi connectivity index (χ1v) is 4.33. The van der Waals surface area contributed by atoms with Crippen molar-refractivity contribution in [3.8, 4) is 0 Å². The molecule has 1 aliphatic carbocycles. The molecule has 6 heteroatoms. The van der Waals surface area contributed by atoms with Crippen LogP contribution in [0.2, 0.25) is 0 Å². The lowest BCUT2D eigenvalue weighted by Crippen LogP contribution is -2.28. The number of alkyl halides is 3. The summed E-state index contributed by atoms with van der Waals surface area (Å²) in [5.41, 5.74) is 0.608. The minimum Gasteiger partial charge on any atom is -0.310 e. The van der Waals surface area contributed by atoms with E-state index in [2.05, 4.69) is 9.97 Å². The third kappa shape index (κ3) is 1.56. The Labute approximate surface area is 77.3 Å². The first-order valence-electron chi connectivity index (χ1n) is 4.33. The molecule has 2 rings (SSSR count). The Morgan fingerprint density at radius 2 is 1.86 bits per heavy atom. The van der Waals surface area contributed by atoms with Gasteiger partial charge in [0.25, 0.3) is 0 Å². The number of halogens is 3. The second-order valence-corrected chi connectivity index (χ2v) is 3.52. The van der Waals surface area contributed by atoms with Gasteiger partial charge in [0, 0.05) is 17.8 Å². The predicted octanol–water partition coefficient (Wildman–Crippen LogP) is 1.37. The van der Waals surface area contributed by atoms with Crippen molar-refractivity contribution in [2.24, 2.45) is 5.92 Å². The number of aromatic nitrogens is 2. The third-order valence-electron chi connectivity index (χ3n) is 2.55. The van der Waals surface area contributed by atoms with E-state index < -0.39 is 17.8 Å². The molecule has 0 saturated heterocycles. The Morgan fingerprint density at radius 1 is 1.21 bits per heavy atom. The van der Waals surface area contributed by atoms with Crippen molar-refractivity contribution in [2.75, 3.05) is 0 Å². The molecule has 1 heterocycles. The zero-order chi connectivity index (χ0) is 10.3. The molecule has 0 bridgehead atoms. The molecule has 3 nitrogen and oxygen atoms in total. The van der Waals surface area contributed by atoms with Crippen molar-refractivity contribution in [1.29, 1.82) is 0 Å². The average molecular weight is 206 g/mol. The summed E-state index contributed by atoms with van der Waals surface area (Å²) in [5, 5.41) is 0. The van der Waals surface area contributed by atoms with Gasteiger partial charge >= 0.3 is 11.9 Å². The lowest BCUT2D eigenvalue weighted by molar-refractivity contribution is -0.177. The van der Waals surface area contributed by atoms with Crippen LogP contribution in [0.4, 0.5) is 13.2 Å². The lowest BCUT2D eigenvalue weighted by Gasteiger charge is -2.23. The average Bonchev–Trinajstić information content (AvgIpc) is 2.41. The SMILES string of the molecule is O=c1[nH]c2c([nH]1)CC(C(F)(F)F)CC2. The normalized spacial score (nSPS) is 22.1. The van der Waals surface area contributed by atoms with Crippen LogP contribution in [0, 0.1) is 5.92 Å². The van der Waals surface area contributed by atoms with Crippen LogP contribution in [-0.2, 0) is 12.8 Å². The Bertz CT molecular complexity index is 390. The molecule has 0 radical (unpaired) electrons. The van der Waals surface area contributed by atoms with Crippen molar-refractivity contribution in [3.05, 3.63) is 21.9 Å². The summed E-state index contributed by atoms with van der Waals surface area (Å²) in [4.78, 5) is 15.7. The Hall–Kier alpha value is -1.20. The molecule has 1 aliphatic rings. The standard InChI is InChI=1S/C8H9F3N2O/c9-8(10,11)4-1-2-5-6(3-4)13-7(14)12-5/h4H,1-3H2,(H2,12,13,14). The highest BCUT2D eigenvalue weighted by Gasteiger charge is 2.41. The topological polar surface area (TPSA) is 48.6 Å². The first-order chi connectivity index (χ1) is 6.47. The molecule has 0 aliphatic heterocycles. The van der Waals surface area contributed by atoms with Crippen molar-refractivity contribution in [1.82, 2.24) is 9.97 Å². The monoisotopic (exact) mass is 206 g/mol. The van der Waals surface area contributed by atoms with Gasteiger partial charge in [-0.1, -0.05) is 0 Å². The van der Waals surface area contributed by atoms with Crippen LogP contribution in [0.1, 0.15) is 17.8 Å². The van der Waals surface area contributed by atoms with Gasteiger partial charge in [0.2, 0.25) is 0 Å². The Balaban J connectivity index is 2.25. The second kappa shape index (κ2) is 2.90. The van der Waals surface area contributed by atoms with E-state index in [4.69, 9.17) is 0 Å². The molecule has 1 aromatic heterocycles. The fraction of sp³-hybridized carbons (Fsp3) is 0.625. The van der Waals surface area contributed by atoms with Gasteiger partial charge in [0.15, 0.2) is 0 Å². The number of hydrogen-bond acceptors (Lipinski definition) is 1. The fourth-order valence-corrected chi connectivity index (χ4v) is 1.79. The number of aryl methyl sites for hydroxylation is 1. The van der Waals surface area contributed by atoms with E-state index in [0.717, 1.165) is 0 Å². The molecule has 1 atom stereocenters. The number of nitrogens with one attached hydrogen (secondary N) is 2. The molecule has 0 amide bonds. The maximum atomic E-state index is 12.3. The van der Waals surface area contributed by atoms with E-state index >= 15 is 0 Å². The fourth-order valence-electron chi connectivity index (χ4n) is 1.79. The highest BCUT2D eigenvalue weighted by Crippen LogP contribution is 2.35. The van der Waals surface area contributed by atoms with Crippen LogP contribution >= 0.6 is 0 Å². The van der Waals surface area contributed by atoms with Crippen LogP contribution in [-0.4, -0.2) is 16.1 Å². The molecule has 1 unspecified atom stereocenters. The molecule has 0 spiro atoms. The zero-order valence-electron chi connectivity index (χ0n) is 7.24. The molecular formula is C8H9F3N2O. The minimum atomic E-state index is -4.16. The van der Waals surface area contributed by atoms with Crippen molar-refractivity contribution >= 4 is 0 Å². The van der Waals surface area contributed by atoms with Gasteiger partial charge in [-0.15, -0.1) is 0 Å². The molecule has 1 aromatic rings. The number of rotatable bonds is 0. The maximum Gasteiger partial charge on any atom is 0.392 e. The highest BCUT2D eigenvalue weighted by molar-refractivity contribution is 5.15. The number of H-pyrrole nitrogens is 2. The molecular weight excluding hydrogens is 197 g/mol. The minimum absolute atomic E-state index is 0.0598. The van der Waals surface area contributed by atoms with Crippen molar-refractivity contribution in [2.45, 2.75) is 25.4 Å². The molecule has 14 heavy (non-hydrogen) atoms. The predicted molar refractivity (Wildman–Crippen MR) is 43.0 cm³/mol. The van der Waals surface area contributed by atoms with Crippen LogP contribution in [0.5, 0.6) is 0 Å². The van der Waals surface area contributed by atoms with E-state index in [0.29, 0.717) is 11.4 Å². The van der Waals surface area contributed by atoms with Gasteiger partial charge in [-0.25, -0.2) is 4.79 Å². The smallest absolute Gasteiger partial charge is 0.310 e. The maximum absolute atomic E-state index is 12.3. The van der Waals surface area contributed by atoms with E-state index in [-0.39, 0.29) is 19.3 Å². The van der Waals surface area contributed by atoms with Crippen LogP contribution in [0.25, 0.3) is 0 Å². The summed E-state index contributed by atoms with van der Waals surface area (Å²) in [7, 11) is 0. The van der Waals surface area contributed by atoms with Gasteiger partial charge in [-0.05, 0) is 12.8 Å². The number of imidazole rings is 1. The molecule has 0 fully saturated rings. The Kier molecular flexibility index (Phi) is 1.94. The highest BCUT2D eigenvalue weighted by atomic mass is 19.4. The summed E-state index contributed by atoms with van der Waals surface area (Å²) in [6, 6.07) is 0. The first kappa shape index (κ1) is 9.36. The lowest BCUT2D eigenvalue weighted by atomic mass is 9.89. The van der Waals surface area contributed by atoms with Gasteiger partial charge in [0.1, 0.15) is 0 Å². The van der Waals surface area contributed by atoms with E-state index in [1.54, 1.807) is 0 Å². The van der Waals surface area contributed by atoms with Gasteiger partial charge in [0.05, 0.1) is 5.92 Å². The quantitative estimate of drug-likeness (QED) is 0.661. The summed E-state index contributed by atoms with van der Waals surface area (Å²) in [6.07, 6.45) is -3.92. The third-order valence-corrected chi connectivity index (χ3v) is 2.55. The molecule has 0 aromatic carbocycles. The molecule has 78 valence electrons. The van der Waals surface area contributed by atoms with Gasteiger partial charge in [-0.2, -0.15) is 13.2 Å². The summed E-state index contributed by atoms with van der Waals surface area (Å²) >= 11 is 0. The number of aromatic amines is 2. The van der Waals surface area contributed by atoms with Gasteiger partial charge < -0.3 is 9.97 Å². The van der Waals surface area contributed by atoms with Crippen LogP contribution in [0.15, 0.2) is 4.79 Å². The van der Waals surface area contributed by atoms with Crippen molar-refractivity contribution < 1.29 is 13.2 Å². The summed E-state index contributed by atoms with van der Waals surface area (Å²) in [6.45, 7) is 0. The zero-order valence-corrected chi connectivity index (χ0v) is 7.24. The molecule has 2 N–H and O–H groups in total. The van der Waals surface area contributed by atoms with E-state index in [1.165, 1.54) is 0 Å². The Morgan fingerprint density at radius 3 is 2.50 bits per heavy atom. The van der Waals surface area contributed by atoms with Crippen LogP contribution in [0.3, 0.4) is 0 Å². The summed E-state index contributed by atoms with van der Waals surface area (Å²) in [5.74, 6) is -1.32. The van der Waals surface area contributed by atoms with E-state index in [9.17, 15) is 18.0 Å². The molecule has 0 saturated carbocycles. The van der Waals surface area contributed by atoms with Crippen molar-refractivity contribution in [3.63, 3.8) is 0 Å². The van der Waals surface area contributed by atoms with E-state index in [1.807, 2.05) is 0 Å². The van der Waals surface area contributed by atoms with Gasteiger partial charge in [-0.3, -0.25) is 0 Å². The van der Waals surface area contributed by atoms with Crippen LogP contribution < -0.4 is 5.69 Å². The summed E-state index contributed by atoms with van der Waals surface area (Å²) < 4.78 is 37.0. The largest absolute Gasteiger partial charge is 0.392 e. The number of hydrogen-bond donors (Lipinski definition) is 2. The number of fused-ring (bicyclic) bond motifs is 1.